The van der Waals surface area contributed by atoms with Crippen LogP contribution in [0.2, 0.25) is 0 Å². The van der Waals surface area contributed by atoms with E-state index in [9.17, 15) is 0 Å². The molecule has 2 rings (SSSR count). The van der Waals surface area contributed by atoms with Crippen LogP contribution >= 0.6 is 24.0 Å². The zero-order valence-corrected chi connectivity index (χ0v) is 17.8. The number of halogens is 1. The second kappa shape index (κ2) is 13.2. The lowest BCUT2D eigenvalue weighted by Crippen LogP contribution is -2.47. The summed E-state index contributed by atoms with van der Waals surface area (Å²) in [5, 5.41) is 3.48. The van der Waals surface area contributed by atoms with Crippen LogP contribution < -0.4 is 5.32 Å². The largest absolute Gasteiger partial charge is 0.378 e. The molecule has 0 aromatic carbocycles. The van der Waals surface area contributed by atoms with Gasteiger partial charge >= 0.3 is 0 Å². The second-order valence-electron chi connectivity index (χ2n) is 6.60. The molecule has 1 aliphatic carbocycles. The van der Waals surface area contributed by atoms with E-state index in [0.29, 0.717) is 12.2 Å². The molecular weight excluding hydrogens is 417 g/mol. The van der Waals surface area contributed by atoms with Crippen LogP contribution in [0.4, 0.5) is 0 Å². The number of rotatable bonds is 7. The Bertz CT molecular complexity index is 341. The third-order valence-corrected chi connectivity index (χ3v) is 4.87. The van der Waals surface area contributed by atoms with Crippen LogP contribution in [0.3, 0.4) is 0 Å². The Morgan fingerprint density at radius 3 is 2.33 bits per heavy atom. The number of nitrogens with zero attached hydrogens (tertiary/aromatic N) is 2. The molecule has 1 saturated heterocycles. The fourth-order valence-electron chi connectivity index (χ4n) is 3.56. The third kappa shape index (κ3) is 7.87. The van der Waals surface area contributed by atoms with Crippen LogP contribution in [0.1, 0.15) is 58.3 Å². The van der Waals surface area contributed by atoms with E-state index in [1.54, 1.807) is 0 Å². The number of guanidine groups is 1. The van der Waals surface area contributed by atoms with E-state index in [2.05, 4.69) is 22.1 Å². The number of nitrogens with one attached hydrogen (secondary N) is 1. The molecule has 5 nitrogen and oxygen atoms in total. The second-order valence-corrected chi connectivity index (χ2v) is 6.60. The fraction of sp³-hybridized carbons (Fsp3) is 0.944. The molecule has 1 heterocycles. The maximum Gasteiger partial charge on any atom is 0.193 e. The maximum atomic E-state index is 5.97. The molecule has 0 aromatic heterocycles. The number of hydrogen-bond donors (Lipinski definition) is 1. The molecule has 0 bridgehead atoms. The quantitative estimate of drug-likeness (QED) is 0.278. The predicted molar refractivity (Wildman–Crippen MR) is 110 cm³/mol. The highest BCUT2D eigenvalue weighted by Gasteiger charge is 2.21. The first-order chi connectivity index (χ1) is 11.3. The highest BCUT2D eigenvalue weighted by molar-refractivity contribution is 14.0. The monoisotopic (exact) mass is 453 g/mol. The third-order valence-electron chi connectivity index (χ3n) is 4.87. The first-order valence-electron chi connectivity index (χ1n) is 9.52. The lowest BCUT2D eigenvalue weighted by Gasteiger charge is -2.34. The van der Waals surface area contributed by atoms with Gasteiger partial charge in [0.2, 0.25) is 0 Å². The van der Waals surface area contributed by atoms with Gasteiger partial charge in [-0.05, 0) is 39.0 Å². The Kier molecular flexibility index (Phi) is 12.0. The Balaban J connectivity index is 0.00000288. The van der Waals surface area contributed by atoms with Gasteiger partial charge in [0.25, 0.3) is 0 Å². The van der Waals surface area contributed by atoms with Crippen molar-refractivity contribution in [3.05, 3.63) is 0 Å². The predicted octanol–water partition coefficient (Wildman–Crippen LogP) is 3.42. The summed E-state index contributed by atoms with van der Waals surface area (Å²) in [6, 6.07) is 0. The minimum Gasteiger partial charge on any atom is -0.378 e. The van der Waals surface area contributed by atoms with Crippen LogP contribution in [-0.4, -0.2) is 63.0 Å². The van der Waals surface area contributed by atoms with E-state index in [0.717, 1.165) is 58.1 Å². The number of aliphatic imine (C=N–C) groups is 1. The summed E-state index contributed by atoms with van der Waals surface area (Å²) in [6.07, 6.45) is 10.8. The molecule has 0 spiro atoms. The Labute approximate surface area is 165 Å². The average molecular weight is 453 g/mol. The molecule has 24 heavy (non-hydrogen) atoms. The lowest BCUT2D eigenvalue weighted by molar-refractivity contribution is 0.0254. The van der Waals surface area contributed by atoms with Crippen LogP contribution in [0.25, 0.3) is 0 Å². The molecule has 0 amide bonds. The topological polar surface area (TPSA) is 46.1 Å². The molecule has 2 aliphatic rings. The van der Waals surface area contributed by atoms with Gasteiger partial charge in [-0.1, -0.05) is 19.3 Å². The molecule has 0 radical (unpaired) electrons. The first-order valence-corrected chi connectivity index (χ1v) is 9.52. The fourth-order valence-corrected chi connectivity index (χ4v) is 3.56. The van der Waals surface area contributed by atoms with Crippen LogP contribution in [0.5, 0.6) is 0 Å². The Morgan fingerprint density at radius 2 is 1.71 bits per heavy atom. The van der Waals surface area contributed by atoms with Gasteiger partial charge in [0.1, 0.15) is 0 Å². The van der Waals surface area contributed by atoms with E-state index in [1.807, 2.05) is 7.05 Å². The van der Waals surface area contributed by atoms with Crippen molar-refractivity contribution in [3.63, 3.8) is 0 Å². The summed E-state index contributed by atoms with van der Waals surface area (Å²) in [5.74, 6) is 1.03. The number of piperidine rings is 1. The highest BCUT2D eigenvalue weighted by atomic mass is 127. The van der Waals surface area contributed by atoms with Crippen molar-refractivity contribution < 1.29 is 9.47 Å². The number of ether oxygens (including phenoxy) is 2. The molecule has 1 saturated carbocycles. The van der Waals surface area contributed by atoms with Crippen molar-refractivity contribution in [1.29, 1.82) is 0 Å². The number of hydrogen-bond acceptors (Lipinski definition) is 3. The molecule has 142 valence electrons. The van der Waals surface area contributed by atoms with Crippen LogP contribution in [0, 0.1) is 0 Å². The van der Waals surface area contributed by atoms with Crippen molar-refractivity contribution in [2.24, 2.45) is 4.99 Å². The summed E-state index contributed by atoms with van der Waals surface area (Å²) in [6.45, 7) is 6.75. The standard InChI is InChI=1S/C18H35N3O2.HI/c1-3-22-17-10-13-21(14-11-17)18(19-2)20-12-7-15-23-16-8-5-4-6-9-16;/h16-17H,3-15H2,1-2H3,(H,19,20);1H. The van der Waals surface area contributed by atoms with E-state index in [1.165, 1.54) is 32.1 Å². The smallest absolute Gasteiger partial charge is 0.193 e. The minimum atomic E-state index is 0. The first kappa shape index (κ1) is 22.0. The molecule has 6 heteroatoms. The summed E-state index contributed by atoms with van der Waals surface area (Å²) >= 11 is 0. The van der Waals surface area contributed by atoms with Gasteiger partial charge in [-0.3, -0.25) is 4.99 Å². The summed E-state index contributed by atoms with van der Waals surface area (Å²) in [5.41, 5.74) is 0. The zero-order chi connectivity index (χ0) is 16.3. The van der Waals surface area contributed by atoms with E-state index >= 15 is 0 Å². The van der Waals surface area contributed by atoms with Gasteiger partial charge in [0.05, 0.1) is 12.2 Å². The van der Waals surface area contributed by atoms with Crippen LogP contribution in [0.15, 0.2) is 4.99 Å². The van der Waals surface area contributed by atoms with Gasteiger partial charge < -0.3 is 19.7 Å². The minimum absolute atomic E-state index is 0. The van der Waals surface area contributed by atoms with Crippen molar-refractivity contribution in [2.45, 2.75) is 70.5 Å². The lowest BCUT2D eigenvalue weighted by atomic mass is 9.98. The van der Waals surface area contributed by atoms with Crippen molar-refractivity contribution in [2.75, 3.05) is 39.9 Å². The van der Waals surface area contributed by atoms with E-state index < -0.39 is 0 Å². The average Bonchev–Trinajstić information content (AvgIpc) is 2.60. The maximum absolute atomic E-state index is 5.97. The van der Waals surface area contributed by atoms with Crippen molar-refractivity contribution >= 4 is 29.9 Å². The van der Waals surface area contributed by atoms with Crippen molar-refractivity contribution in [3.8, 4) is 0 Å². The van der Waals surface area contributed by atoms with Gasteiger partial charge in [0, 0.05) is 39.9 Å². The molecule has 0 unspecified atom stereocenters. The van der Waals surface area contributed by atoms with Gasteiger partial charge in [0.15, 0.2) is 5.96 Å². The summed E-state index contributed by atoms with van der Waals surface area (Å²) < 4.78 is 11.7. The van der Waals surface area contributed by atoms with E-state index in [-0.39, 0.29) is 24.0 Å². The van der Waals surface area contributed by atoms with E-state index in [4.69, 9.17) is 9.47 Å². The molecule has 1 N–H and O–H groups in total. The highest BCUT2D eigenvalue weighted by Crippen LogP contribution is 2.20. The molecule has 1 aliphatic heterocycles. The molecular formula is C18H36IN3O2. The van der Waals surface area contributed by atoms with Gasteiger partial charge in [-0.25, -0.2) is 0 Å². The Hall–Kier alpha value is -0.0800. The number of likely N-dealkylation sites (tertiary alicyclic amines) is 1. The van der Waals surface area contributed by atoms with Gasteiger partial charge in [-0.15, -0.1) is 24.0 Å². The summed E-state index contributed by atoms with van der Waals surface area (Å²) in [7, 11) is 1.87. The SMILES string of the molecule is CCOC1CCN(C(=NC)NCCCOC2CCCCC2)CC1.I. The summed E-state index contributed by atoms with van der Waals surface area (Å²) in [4.78, 5) is 6.76. The Morgan fingerprint density at radius 1 is 1.04 bits per heavy atom. The molecule has 0 aromatic rings. The molecule has 0 atom stereocenters. The molecule has 2 fully saturated rings. The van der Waals surface area contributed by atoms with Crippen molar-refractivity contribution in [1.82, 2.24) is 10.2 Å². The van der Waals surface area contributed by atoms with Gasteiger partial charge in [-0.2, -0.15) is 0 Å². The van der Waals surface area contributed by atoms with Crippen LogP contribution in [-0.2, 0) is 9.47 Å². The normalized spacial score (nSPS) is 20.8. The zero-order valence-electron chi connectivity index (χ0n) is 15.5.